The van der Waals surface area contributed by atoms with Crippen molar-refractivity contribution in [1.29, 1.82) is 0 Å². The summed E-state index contributed by atoms with van der Waals surface area (Å²) < 4.78 is 67.7. The molecule has 0 N–H and O–H groups in total. The first-order valence-corrected chi connectivity index (χ1v) is 13.8. The van der Waals surface area contributed by atoms with Crippen LogP contribution in [0.1, 0.15) is 93.5 Å². The molecule has 0 heterocycles. The van der Waals surface area contributed by atoms with Crippen molar-refractivity contribution in [3.8, 4) is 5.75 Å². The van der Waals surface area contributed by atoms with E-state index >= 15 is 0 Å². The Labute approximate surface area is 191 Å². The van der Waals surface area contributed by atoms with Crippen LogP contribution in [0, 0.1) is 0 Å². The minimum atomic E-state index is -4.64. The summed E-state index contributed by atoms with van der Waals surface area (Å²) in [7, 11) is -8.85. The second-order valence-corrected chi connectivity index (χ2v) is 12.2. The molecule has 8 heteroatoms. The van der Waals surface area contributed by atoms with Gasteiger partial charge in [0.05, 0.1) is 4.90 Å². The lowest BCUT2D eigenvalue weighted by Crippen LogP contribution is -2.18. The molecule has 6 nitrogen and oxygen atoms in total. The second-order valence-electron chi connectivity index (χ2n) is 9.36. The molecule has 1 aliphatic rings. The molecule has 0 aromatic heterocycles. The third-order valence-electron chi connectivity index (χ3n) is 6.00. The van der Waals surface area contributed by atoms with Crippen molar-refractivity contribution in [3.05, 3.63) is 52.1 Å². The molecule has 0 spiro atoms. The van der Waals surface area contributed by atoms with Crippen LogP contribution in [0.3, 0.4) is 0 Å². The van der Waals surface area contributed by atoms with Crippen LogP contribution in [0.4, 0.5) is 0 Å². The van der Waals surface area contributed by atoms with Crippen molar-refractivity contribution in [1.82, 2.24) is 0 Å². The third-order valence-corrected chi connectivity index (χ3v) is 8.29. The predicted molar refractivity (Wildman–Crippen MR) is 123 cm³/mol. The topological polar surface area (TPSA) is 101 Å². The molecule has 2 aromatic carbocycles. The average molecular weight is 480 g/mol. The number of rotatable bonds is 7. The molecular weight excluding hydrogens is 448 g/mol. The fourth-order valence-corrected chi connectivity index (χ4v) is 6.69. The summed E-state index contributed by atoms with van der Waals surface area (Å²) in [5.74, 6) is 0.256. The van der Waals surface area contributed by atoms with Gasteiger partial charge in [0.25, 0.3) is 0 Å². The number of benzene rings is 2. The minimum Gasteiger partial charge on any atom is -0.744 e. The van der Waals surface area contributed by atoms with E-state index in [1.165, 1.54) is 6.07 Å². The van der Waals surface area contributed by atoms with E-state index in [0.29, 0.717) is 41.5 Å². The van der Waals surface area contributed by atoms with Gasteiger partial charge in [0, 0.05) is 5.56 Å². The van der Waals surface area contributed by atoms with Gasteiger partial charge >= 0.3 is 10.1 Å². The van der Waals surface area contributed by atoms with Gasteiger partial charge in [-0.1, -0.05) is 53.7 Å². The Kier molecular flexibility index (Phi) is 6.80. The van der Waals surface area contributed by atoms with Crippen molar-refractivity contribution in [2.45, 2.75) is 88.3 Å². The van der Waals surface area contributed by atoms with Gasteiger partial charge in [-0.3, -0.25) is 0 Å². The fourth-order valence-electron chi connectivity index (χ4n) is 4.29. The SMILES string of the molecule is CC(C)c1cc(C(C)C)c(S(=O)(=O)Oc2ccc(S(=O)(=O)[O-])c3c2CCC3)c(C(C)C)c1. The van der Waals surface area contributed by atoms with Crippen LogP contribution in [0.2, 0.25) is 0 Å². The normalized spacial score (nSPS) is 14.4. The Hall–Kier alpha value is -1.90. The molecule has 1 aliphatic carbocycles. The highest BCUT2D eigenvalue weighted by molar-refractivity contribution is 7.87. The molecule has 2 aromatic rings. The second kappa shape index (κ2) is 8.80. The van der Waals surface area contributed by atoms with Crippen LogP contribution in [0.25, 0.3) is 0 Å². The molecule has 0 fully saturated rings. The Morgan fingerprint density at radius 3 is 1.81 bits per heavy atom. The van der Waals surface area contributed by atoms with Crippen molar-refractivity contribution in [2.24, 2.45) is 0 Å². The Bertz CT molecular complexity index is 1210. The molecule has 0 saturated heterocycles. The Balaban J connectivity index is 2.19. The summed E-state index contributed by atoms with van der Waals surface area (Å²) in [5, 5.41) is 0. The summed E-state index contributed by atoms with van der Waals surface area (Å²) in [5.41, 5.74) is 3.34. The van der Waals surface area contributed by atoms with E-state index < -0.39 is 20.2 Å². The van der Waals surface area contributed by atoms with E-state index in [2.05, 4.69) is 13.8 Å². The van der Waals surface area contributed by atoms with E-state index in [4.69, 9.17) is 4.18 Å². The molecule has 0 radical (unpaired) electrons. The van der Waals surface area contributed by atoms with E-state index in [-0.39, 0.29) is 33.3 Å². The summed E-state index contributed by atoms with van der Waals surface area (Å²) in [6.45, 7) is 12.0. The summed E-state index contributed by atoms with van der Waals surface area (Å²) >= 11 is 0. The van der Waals surface area contributed by atoms with Gasteiger partial charge in [-0.05, 0) is 71.4 Å². The van der Waals surface area contributed by atoms with Crippen LogP contribution in [-0.4, -0.2) is 21.4 Å². The highest BCUT2D eigenvalue weighted by Crippen LogP contribution is 2.39. The fraction of sp³-hybridized carbons (Fsp3) is 0.500. The highest BCUT2D eigenvalue weighted by atomic mass is 32.2. The van der Waals surface area contributed by atoms with Crippen LogP contribution >= 0.6 is 0 Å². The summed E-state index contributed by atoms with van der Waals surface area (Å²) in [6.07, 6.45) is 1.50. The zero-order valence-corrected chi connectivity index (χ0v) is 21.1. The van der Waals surface area contributed by atoms with Gasteiger partial charge in [0.2, 0.25) is 0 Å². The molecule has 0 atom stereocenters. The van der Waals surface area contributed by atoms with Crippen LogP contribution < -0.4 is 4.18 Å². The predicted octanol–water partition coefficient (Wildman–Crippen LogP) is 5.22. The Morgan fingerprint density at radius 1 is 0.812 bits per heavy atom. The molecule has 176 valence electrons. The standard InChI is InChI=1S/C24H32O6S2/c1-14(2)17-12-20(15(3)4)24(21(13-17)16(5)6)32(28,29)30-22-10-11-23(31(25,26)27)19-9-7-8-18(19)22/h10-16H,7-9H2,1-6H3,(H,25,26,27)/p-1. The molecule has 0 unspecified atom stereocenters. The molecule has 32 heavy (non-hydrogen) atoms. The van der Waals surface area contributed by atoms with Crippen LogP contribution in [0.5, 0.6) is 5.75 Å². The zero-order chi connectivity index (χ0) is 24.0. The van der Waals surface area contributed by atoms with E-state index in [9.17, 15) is 21.4 Å². The van der Waals surface area contributed by atoms with Crippen molar-refractivity contribution in [3.63, 3.8) is 0 Å². The molecule has 3 rings (SSSR count). The van der Waals surface area contributed by atoms with Crippen molar-refractivity contribution in [2.75, 3.05) is 0 Å². The van der Waals surface area contributed by atoms with Crippen molar-refractivity contribution >= 4 is 20.2 Å². The van der Waals surface area contributed by atoms with Gasteiger partial charge in [0.15, 0.2) is 0 Å². The van der Waals surface area contributed by atoms with Crippen LogP contribution in [0.15, 0.2) is 34.1 Å². The number of fused-ring (bicyclic) bond motifs is 1. The molecule has 0 saturated carbocycles. The maximum atomic E-state index is 13.6. The van der Waals surface area contributed by atoms with Gasteiger partial charge < -0.3 is 8.74 Å². The maximum absolute atomic E-state index is 13.6. The lowest BCUT2D eigenvalue weighted by Gasteiger charge is -2.23. The van der Waals surface area contributed by atoms with Crippen molar-refractivity contribution < 1.29 is 25.6 Å². The Morgan fingerprint density at radius 2 is 1.34 bits per heavy atom. The van der Waals surface area contributed by atoms with E-state index in [0.717, 1.165) is 11.6 Å². The average Bonchev–Trinajstić information content (AvgIpc) is 3.15. The van der Waals surface area contributed by atoms with E-state index in [1.54, 1.807) is 0 Å². The monoisotopic (exact) mass is 479 g/mol. The molecular formula is C24H31O6S2-. The quantitative estimate of drug-likeness (QED) is 0.399. The lowest BCUT2D eigenvalue weighted by molar-refractivity contribution is 0.462. The molecule has 0 amide bonds. The lowest BCUT2D eigenvalue weighted by atomic mass is 9.89. The van der Waals surface area contributed by atoms with Gasteiger partial charge in [-0.25, -0.2) is 8.42 Å². The van der Waals surface area contributed by atoms with Gasteiger partial charge in [-0.15, -0.1) is 0 Å². The first kappa shape index (κ1) is 24.7. The highest BCUT2D eigenvalue weighted by Gasteiger charge is 2.31. The number of hydrogen-bond acceptors (Lipinski definition) is 6. The first-order chi connectivity index (χ1) is 14.7. The largest absolute Gasteiger partial charge is 0.744 e. The van der Waals surface area contributed by atoms with Gasteiger partial charge in [0.1, 0.15) is 20.8 Å². The maximum Gasteiger partial charge on any atom is 0.339 e. The van der Waals surface area contributed by atoms with Crippen LogP contribution in [-0.2, 0) is 33.1 Å². The summed E-state index contributed by atoms with van der Waals surface area (Å²) in [6, 6.07) is 6.33. The zero-order valence-electron chi connectivity index (χ0n) is 19.4. The smallest absolute Gasteiger partial charge is 0.339 e. The molecule has 0 aliphatic heterocycles. The van der Waals surface area contributed by atoms with E-state index in [1.807, 2.05) is 39.8 Å². The number of hydrogen-bond donors (Lipinski definition) is 0. The van der Waals surface area contributed by atoms with Gasteiger partial charge in [-0.2, -0.15) is 8.42 Å². The molecule has 0 bridgehead atoms. The third kappa shape index (κ3) is 4.72. The first-order valence-electron chi connectivity index (χ1n) is 11.0. The summed E-state index contributed by atoms with van der Waals surface area (Å²) in [4.78, 5) is -0.110. The minimum absolute atomic E-state index is 0.0433.